The summed E-state index contributed by atoms with van der Waals surface area (Å²) in [5, 5.41) is 1.22. The smallest absolute Gasteiger partial charge is 0.105 e. The van der Waals surface area contributed by atoms with Gasteiger partial charge >= 0.3 is 0 Å². The molecule has 0 aliphatic carbocycles. The molecule has 0 amide bonds. The van der Waals surface area contributed by atoms with Gasteiger partial charge in [0.1, 0.15) is 5.52 Å². The van der Waals surface area contributed by atoms with Crippen LogP contribution in [0, 0.1) is 0 Å². The van der Waals surface area contributed by atoms with Crippen LogP contribution in [-0.2, 0) is 6.42 Å². The number of hydrogen-bond acceptors (Lipinski definition) is 4. The van der Waals surface area contributed by atoms with E-state index in [1.807, 2.05) is 0 Å². The van der Waals surface area contributed by atoms with E-state index in [1.54, 1.807) is 11.3 Å². The lowest BCUT2D eigenvalue weighted by Crippen LogP contribution is -2.26. The molecule has 90 valence electrons. The summed E-state index contributed by atoms with van der Waals surface area (Å²) in [4.78, 5) is 7.10. The van der Waals surface area contributed by atoms with E-state index in [0.717, 1.165) is 31.4 Å². The second-order valence-corrected chi connectivity index (χ2v) is 5.70. The Bertz CT molecular complexity index is 534. The highest BCUT2D eigenvalue weighted by atomic mass is 32.1. The van der Waals surface area contributed by atoms with Crippen molar-refractivity contribution >= 4 is 27.2 Å². The Morgan fingerprint density at radius 2 is 2.41 bits per heavy atom. The van der Waals surface area contributed by atoms with Gasteiger partial charge in [-0.05, 0) is 25.0 Å². The van der Waals surface area contributed by atoms with E-state index in [-0.39, 0.29) is 0 Å². The molecule has 1 aliphatic heterocycles. The van der Waals surface area contributed by atoms with Crippen LogP contribution in [0.4, 0.5) is 5.69 Å². The largest absolute Gasteiger partial charge is 0.368 e. The van der Waals surface area contributed by atoms with Gasteiger partial charge in [-0.15, -0.1) is 11.3 Å². The van der Waals surface area contributed by atoms with Crippen LogP contribution in [0.3, 0.4) is 0 Å². The van der Waals surface area contributed by atoms with Crippen molar-refractivity contribution in [2.24, 2.45) is 5.73 Å². The number of nitrogens with zero attached hydrogens (tertiary/aromatic N) is 2. The van der Waals surface area contributed by atoms with E-state index < -0.39 is 0 Å². The number of rotatable bonds is 2. The monoisotopic (exact) mass is 247 g/mol. The van der Waals surface area contributed by atoms with Crippen LogP contribution in [0.2, 0.25) is 0 Å². The molecule has 3 rings (SSSR count). The second kappa shape index (κ2) is 4.27. The minimum atomic E-state index is 0.314. The van der Waals surface area contributed by atoms with Crippen molar-refractivity contribution < 1.29 is 0 Å². The molecule has 0 bridgehead atoms. The van der Waals surface area contributed by atoms with E-state index in [2.05, 4.69) is 30.0 Å². The number of hydrogen-bond donors (Lipinski definition) is 1. The number of anilines is 1. The highest BCUT2D eigenvalue weighted by Crippen LogP contribution is 2.32. The maximum Gasteiger partial charge on any atom is 0.105 e. The van der Waals surface area contributed by atoms with Gasteiger partial charge in [-0.3, -0.25) is 0 Å². The van der Waals surface area contributed by atoms with Crippen LogP contribution in [-0.4, -0.2) is 24.1 Å². The minimum Gasteiger partial charge on any atom is -0.368 e. The SMILES string of the molecule is CCc1nc2c(N3CCC(N)C3)cccc2s1. The molecular weight excluding hydrogens is 230 g/mol. The molecule has 2 aromatic rings. The summed E-state index contributed by atoms with van der Waals surface area (Å²) in [5.41, 5.74) is 8.39. The first-order valence-electron chi connectivity index (χ1n) is 6.17. The van der Waals surface area contributed by atoms with Crippen LogP contribution in [0.15, 0.2) is 18.2 Å². The highest BCUT2D eigenvalue weighted by Gasteiger charge is 2.21. The summed E-state index contributed by atoms with van der Waals surface area (Å²) >= 11 is 1.80. The molecule has 1 aromatic carbocycles. The van der Waals surface area contributed by atoms with Gasteiger partial charge in [-0.2, -0.15) is 0 Å². The maximum atomic E-state index is 5.98. The van der Waals surface area contributed by atoms with Crippen LogP contribution >= 0.6 is 11.3 Å². The van der Waals surface area contributed by atoms with Crippen molar-refractivity contribution in [3.8, 4) is 0 Å². The molecule has 2 heterocycles. The zero-order valence-corrected chi connectivity index (χ0v) is 10.8. The van der Waals surface area contributed by atoms with Gasteiger partial charge in [0.2, 0.25) is 0 Å². The molecule has 0 saturated carbocycles. The number of fused-ring (bicyclic) bond motifs is 1. The van der Waals surface area contributed by atoms with Crippen molar-refractivity contribution in [3.05, 3.63) is 23.2 Å². The summed E-state index contributed by atoms with van der Waals surface area (Å²) in [5.74, 6) is 0. The topological polar surface area (TPSA) is 42.2 Å². The predicted octanol–water partition coefficient (Wildman–Crippen LogP) is 2.40. The van der Waals surface area contributed by atoms with Gasteiger partial charge in [0, 0.05) is 19.1 Å². The molecule has 0 radical (unpaired) electrons. The van der Waals surface area contributed by atoms with E-state index in [9.17, 15) is 0 Å². The summed E-state index contributed by atoms with van der Waals surface area (Å²) in [6.45, 7) is 4.17. The lowest BCUT2D eigenvalue weighted by atomic mass is 10.2. The van der Waals surface area contributed by atoms with E-state index in [0.29, 0.717) is 6.04 Å². The summed E-state index contributed by atoms with van der Waals surface area (Å²) in [6.07, 6.45) is 2.10. The number of para-hydroxylation sites is 1. The number of thiazole rings is 1. The van der Waals surface area contributed by atoms with Crippen molar-refractivity contribution in [3.63, 3.8) is 0 Å². The Hall–Kier alpha value is -1.13. The molecule has 0 spiro atoms. The molecule has 4 heteroatoms. The molecule has 1 aliphatic rings. The first-order valence-corrected chi connectivity index (χ1v) is 6.98. The van der Waals surface area contributed by atoms with Gasteiger partial charge < -0.3 is 10.6 Å². The third kappa shape index (κ3) is 1.91. The van der Waals surface area contributed by atoms with Gasteiger partial charge in [0.05, 0.1) is 15.4 Å². The van der Waals surface area contributed by atoms with Crippen molar-refractivity contribution in [2.45, 2.75) is 25.8 Å². The van der Waals surface area contributed by atoms with Gasteiger partial charge in [0.25, 0.3) is 0 Å². The highest BCUT2D eigenvalue weighted by molar-refractivity contribution is 7.18. The molecule has 3 nitrogen and oxygen atoms in total. The molecule has 17 heavy (non-hydrogen) atoms. The van der Waals surface area contributed by atoms with E-state index in [1.165, 1.54) is 15.4 Å². The van der Waals surface area contributed by atoms with Crippen molar-refractivity contribution in [1.29, 1.82) is 0 Å². The molecule has 1 atom stereocenters. The Labute approximate surface area is 105 Å². The van der Waals surface area contributed by atoms with Crippen LogP contribution in [0.1, 0.15) is 18.4 Å². The van der Waals surface area contributed by atoms with E-state index in [4.69, 9.17) is 10.7 Å². The fourth-order valence-electron chi connectivity index (χ4n) is 2.39. The standard InChI is InChI=1S/C13H17N3S/c1-2-12-15-13-10(4-3-5-11(13)17-12)16-7-6-9(14)8-16/h3-5,9H,2,6-8,14H2,1H3. The third-order valence-electron chi connectivity index (χ3n) is 3.31. The van der Waals surface area contributed by atoms with E-state index >= 15 is 0 Å². The third-order valence-corrected chi connectivity index (χ3v) is 4.47. The Morgan fingerprint density at radius 1 is 1.53 bits per heavy atom. The second-order valence-electron chi connectivity index (χ2n) is 4.58. The number of benzene rings is 1. The Balaban J connectivity index is 2.06. The summed E-state index contributed by atoms with van der Waals surface area (Å²) < 4.78 is 1.29. The Kier molecular flexibility index (Phi) is 2.76. The van der Waals surface area contributed by atoms with Crippen LogP contribution in [0.25, 0.3) is 10.2 Å². The van der Waals surface area contributed by atoms with Crippen LogP contribution in [0.5, 0.6) is 0 Å². The average molecular weight is 247 g/mol. The summed E-state index contributed by atoms with van der Waals surface area (Å²) in [6, 6.07) is 6.76. The first-order chi connectivity index (χ1) is 8.28. The fourth-order valence-corrected chi connectivity index (χ4v) is 3.32. The van der Waals surface area contributed by atoms with Crippen molar-refractivity contribution in [1.82, 2.24) is 4.98 Å². The van der Waals surface area contributed by atoms with Gasteiger partial charge in [-0.1, -0.05) is 13.0 Å². The average Bonchev–Trinajstić information content (AvgIpc) is 2.93. The molecule has 2 N–H and O–H groups in total. The quantitative estimate of drug-likeness (QED) is 0.886. The molecular formula is C13H17N3S. The van der Waals surface area contributed by atoms with Gasteiger partial charge in [-0.25, -0.2) is 4.98 Å². The number of nitrogens with two attached hydrogens (primary N) is 1. The van der Waals surface area contributed by atoms with Crippen molar-refractivity contribution in [2.75, 3.05) is 18.0 Å². The zero-order valence-electron chi connectivity index (χ0n) is 10.0. The lowest BCUT2D eigenvalue weighted by Gasteiger charge is -2.18. The minimum absolute atomic E-state index is 0.314. The van der Waals surface area contributed by atoms with Crippen LogP contribution < -0.4 is 10.6 Å². The lowest BCUT2D eigenvalue weighted by molar-refractivity contribution is 0.752. The maximum absolute atomic E-state index is 5.98. The number of aromatic nitrogens is 1. The number of aryl methyl sites for hydroxylation is 1. The normalized spacial score (nSPS) is 20.4. The predicted molar refractivity (Wildman–Crippen MR) is 73.8 cm³/mol. The first kappa shape index (κ1) is 11.0. The molecule has 1 saturated heterocycles. The Morgan fingerprint density at radius 3 is 3.12 bits per heavy atom. The molecule has 1 unspecified atom stereocenters. The molecule has 1 aromatic heterocycles. The van der Waals surface area contributed by atoms with Gasteiger partial charge in [0.15, 0.2) is 0 Å². The zero-order chi connectivity index (χ0) is 11.8. The fraction of sp³-hybridized carbons (Fsp3) is 0.462. The molecule has 1 fully saturated rings. The summed E-state index contributed by atoms with van der Waals surface area (Å²) in [7, 11) is 0.